The fourth-order valence-electron chi connectivity index (χ4n) is 1.80. The molecule has 0 saturated carbocycles. The van der Waals surface area contributed by atoms with Gasteiger partial charge in [-0.15, -0.1) is 0 Å². The van der Waals surface area contributed by atoms with Crippen molar-refractivity contribution in [1.29, 1.82) is 0 Å². The molecule has 91 valence electrons. The van der Waals surface area contributed by atoms with Crippen LogP contribution in [0.15, 0.2) is 60.7 Å². The van der Waals surface area contributed by atoms with Gasteiger partial charge in [-0.3, -0.25) is 0 Å². The van der Waals surface area contributed by atoms with E-state index in [2.05, 4.69) is 60.1 Å². The quantitative estimate of drug-likeness (QED) is 0.586. The number of hydrogen-bond donors (Lipinski definition) is 1. The van der Waals surface area contributed by atoms with Gasteiger partial charge in [-0.1, -0.05) is 48.5 Å². The van der Waals surface area contributed by atoms with Crippen molar-refractivity contribution in [2.75, 3.05) is 0 Å². The summed E-state index contributed by atoms with van der Waals surface area (Å²) < 4.78 is 0. The van der Waals surface area contributed by atoms with Crippen LogP contribution in [-0.2, 0) is 0 Å². The molecule has 0 aromatic heterocycles. The van der Waals surface area contributed by atoms with E-state index in [1.54, 1.807) is 0 Å². The molecule has 1 radical (unpaired) electrons. The van der Waals surface area contributed by atoms with Gasteiger partial charge >= 0.3 is 0 Å². The molecule has 0 aliphatic carbocycles. The summed E-state index contributed by atoms with van der Waals surface area (Å²) in [6, 6.07) is 20.8. The zero-order valence-corrected chi connectivity index (χ0v) is 10.5. The lowest BCUT2D eigenvalue weighted by molar-refractivity contribution is -0.349. The first kappa shape index (κ1) is 12.6. The van der Waals surface area contributed by atoms with Crippen LogP contribution < -0.4 is 4.99 Å². The highest BCUT2D eigenvalue weighted by Crippen LogP contribution is 2.07. The van der Waals surface area contributed by atoms with Gasteiger partial charge in [-0.25, -0.2) is 4.99 Å². The summed E-state index contributed by atoms with van der Waals surface area (Å²) >= 11 is 0. The molecule has 0 amide bonds. The lowest BCUT2D eigenvalue weighted by atomic mass is 10.1. The molecule has 0 heterocycles. The minimum Gasteiger partial charge on any atom is -0.215 e. The van der Waals surface area contributed by atoms with E-state index in [4.69, 9.17) is 0 Å². The minimum atomic E-state index is 1.08. The van der Waals surface area contributed by atoms with Gasteiger partial charge in [0.05, 0.1) is 0 Å². The molecule has 1 heteroatoms. The van der Waals surface area contributed by atoms with Crippen LogP contribution in [-0.4, -0.2) is 6.21 Å². The Morgan fingerprint density at radius 2 is 1.44 bits per heavy atom. The highest BCUT2D eigenvalue weighted by Gasteiger charge is 1.94. The van der Waals surface area contributed by atoms with E-state index in [1.807, 2.05) is 18.2 Å². The first-order valence-electron chi connectivity index (χ1n) is 6.47. The summed E-state index contributed by atoms with van der Waals surface area (Å²) in [5.41, 5.74) is 2.47. The minimum absolute atomic E-state index is 1.08. The second-order valence-corrected chi connectivity index (χ2v) is 4.26. The van der Waals surface area contributed by atoms with Gasteiger partial charge in [-0.2, -0.15) is 0 Å². The summed E-state index contributed by atoms with van der Waals surface area (Å²) in [5.74, 6) is 0. The molecular formula is C17H19N+. The van der Waals surface area contributed by atoms with E-state index in [0.29, 0.717) is 0 Å². The van der Waals surface area contributed by atoms with Crippen LogP contribution in [0.25, 0.3) is 0 Å². The molecule has 0 aliphatic heterocycles. The third-order valence-corrected chi connectivity index (χ3v) is 2.77. The smallest absolute Gasteiger partial charge is 0.203 e. The molecule has 0 spiro atoms. The molecule has 0 aliphatic rings. The zero-order valence-electron chi connectivity index (χ0n) is 10.5. The third-order valence-electron chi connectivity index (χ3n) is 2.77. The van der Waals surface area contributed by atoms with Crippen molar-refractivity contribution in [3.05, 3.63) is 72.6 Å². The summed E-state index contributed by atoms with van der Waals surface area (Å²) in [5, 5.41) is 0. The molecule has 2 aromatic carbocycles. The van der Waals surface area contributed by atoms with Crippen molar-refractivity contribution >= 4 is 11.9 Å². The summed E-state index contributed by atoms with van der Waals surface area (Å²) in [6.45, 7) is 0. The van der Waals surface area contributed by atoms with Gasteiger partial charge < -0.3 is 0 Å². The molecule has 0 atom stereocenters. The fraction of sp³-hybridized carbons (Fsp3) is 0.176. The van der Waals surface area contributed by atoms with Gasteiger partial charge in [0.15, 0.2) is 0 Å². The zero-order chi connectivity index (χ0) is 12.5. The number of para-hydroxylation sites is 1. The van der Waals surface area contributed by atoms with Crippen LogP contribution in [0.5, 0.6) is 0 Å². The summed E-state index contributed by atoms with van der Waals surface area (Å²) in [7, 11) is 0. The highest BCUT2D eigenvalue weighted by molar-refractivity contribution is 5.52. The molecule has 0 unspecified atom stereocenters. The molecule has 1 N–H and O–H groups in total. The first-order valence-corrected chi connectivity index (χ1v) is 6.47. The van der Waals surface area contributed by atoms with Crippen molar-refractivity contribution in [3.8, 4) is 0 Å². The van der Waals surface area contributed by atoms with Gasteiger partial charge in [0, 0.05) is 18.6 Å². The van der Waals surface area contributed by atoms with E-state index in [0.717, 1.165) is 18.5 Å². The van der Waals surface area contributed by atoms with Crippen molar-refractivity contribution in [2.24, 2.45) is 0 Å². The number of nitrogens with one attached hydrogen (secondary N) is 1. The average Bonchev–Trinajstić information content (AvgIpc) is 2.45. The number of hydrogen-bond acceptors (Lipinski definition) is 0. The predicted molar refractivity (Wildman–Crippen MR) is 76.8 cm³/mol. The SMILES string of the molecule is [CH](CCCC=[NH+]c1ccccc1)c1ccccc1. The van der Waals surface area contributed by atoms with E-state index in [1.165, 1.54) is 12.0 Å². The van der Waals surface area contributed by atoms with Gasteiger partial charge in [0.25, 0.3) is 0 Å². The second kappa shape index (κ2) is 7.44. The Labute approximate surface area is 109 Å². The third kappa shape index (κ3) is 4.54. The maximum Gasteiger partial charge on any atom is 0.203 e. The molecule has 0 saturated heterocycles. The van der Waals surface area contributed by atoms with Crippen molar-refractivity contribution in [2.45, 2.75) is 19.3 Å². The Balaban J connectivity index is 1.63. The van der Waals surface area contributed by atoms with E-state index in [9.17, 15) is 0 Å². The molecule has 0 fully saturated rings. The van der Waals surface area contributed by atoms with E-state index < -0.39 is 0 Å². The average molecular weight is 237 g/mol. The Morgan fingerprint density at radius 1 is 0.778 bits per heavy atom. The molecular weight excluding hydrogens is 218 g/mol. The van der Waals surface area contributed by atoms with Crippen LogP contribution in [0.1, 0.15) is 24.8 Å². The standard InChI is InChI=1S/C17H18N/c1-4-10-16(11-5-1)12-6-3-9-15-18-17-13-7-2-8-14-17/h1-2,4-5,7-8,10-15H,3,6,9H2/p+1. The largest absolute Gasteiger partial charge is 0.215 e. The summed E-state index contributed by atoms with van der Waals surface area (Å²) in [4.78, 5) is 3.30. The predicted octanol–water partition coefficient (Wildman–Crippen LogP) is 2.89. The first-order chi connectivity index (χ1) is 8.95. The number of rotatable bonds is 6. The molecule has 2 rings (SSSR count). The van der Waals surface area contributed by atoms with Crippen LogP contribution in [0.2, 0.25) is 0 Å². The van der Waals surface area contributed by atoms with Gasteiger partial charge in [0.2, 0.25) is 5.69 Å². The Morgan fingerprint density at radius 3 is 2.17 bits per heavy atom. The Hall–Kier alpha value is -1.89. The second-order valence-electron chi connectivity index (χ2n) is 4.26. The maximum atomic E-state index is 3.30. The normalized spacial score (nSPS) is 10.9. The van der Waals surface area contributed by atoms with Crippen LogP contribution >= 0.6 is 0 Å². The van der Waals surface area contributed by atoms with Crippen molar-refractivity contribution < 1.29 is 4.99 Å². The van der Waals surface area contributed by atoms with Gasteiger partial charge in [-0.05, 0) is 24.8 Å². The number of benzene rings is 2. The Bertz CT molecular complexity index is 459. The van der Waals surface area contributed by atoms with Crippen LogP contribution in [0, 0.1) is 6.42 Å². The summed E-state index contributed by atoms with van der Waals surface area (Å²) in [6.07, 6.45) is 7.80. The van der Waals surface area contributed by atoms with Crippen LogP contribution in [0.4, 0.5) is 5.69 Å². The van der Waals surface area contributed by atoms with Crippen molar-refractivity contribution in [3.63, 3.8) is 0 Å². The van der Waals surface area contributed by atoms with Crippen LogP contribution in [0.3, 0.4) is 0 Å². The number of unbranched alkanes of at least 4 members (excludes halogenated alkanes) is 2. The lowest BCUT2D eigenvalue weighted by Crippen LogP contribution is -2.61. The molecule has 0 bridgehead atoms. The lowest BCUT2D eigenvalue weighted by Gasteiger charge is -1.97. The molecule has 1 nitrogen and oxygen atoms in total. The molecule has 18 heavy (non-hydrogen) atoms. The Kier molecular flexibility index (Phi) is 5.19. The monoisotopic (exact) mass is 237 g/mol. The van der Waals surface area contributed by atoms with Gasteiger partial charge in [0.1, 0.15) is 6.21 Å². The van der Waals surface area contributed by atoms with Crippen molar-refractivity contribution in [1.82, 2.24) is 0 Å². The van der Waals surface area contributed by atoms with E-state index >= 15 is 0 Å². The fourth-order valence-corrected chi connectivity index (χ4v) is 1.80. The maximum absolute atomic E-state index is 3.30. The highest BCUT2D eigenvalue weighted by atomic mass is 14.7. The van der Waals surface area contributed by atoms with E-state index in [-0.39, 0.29) is 0 Å². The molecule has 2 aromatic rings. The topological polar surface area (TPSA) is 14.0 Å².